The van der Waals surface area contributed by atoms with Gasteiger partial charge in [0.15, 0.2) is 0 Å². The van der Waals surface area contributed by atoms with Gasteiger partial charge in [0.25, 0.3) is 0 Å². The van der Waals surface area contributed by atoms with Crippen molar-refractivity contribution in [2.45, 2.75) is 19.4 Å². The molecular formula is C16H17NO2S. The zero-order valence-electron chi connectivity index (χ0n) is 11.6. The lowest BCUT2D eigenvalue weighted by molar-refractivity contribution is 0.588. The van der Waals surface area contributed by atoms with Crippen molar-refractivity contribution in [2.75, 3.05) is 10.6 Å². The molecule has 0 saturated heterocycles. The van der Waals surface area contributed by atoms with Crippen LogP contribution < -0.4 is 4.31 Å². The molecule has 0 aromatic heterocycles. The number of para-hydroxylation sites is 1. The first-order valence-electron chi connectivity index (χ1n) is 6.61. The van der Waals surface area contributed by atoms with Crippen LogP contribution >= 0.6 is 0 Å². The van der Waals surface area contributed by atoms with Crippen molar-refractivity contribution in [3.05, 3.63) is 65.2 Å². The van der Waals surface area contributed by atoms with E-state index in [1.165, 1.54) is 11.8 Å². The normalized spacial score (nSPS) is 18.1. The molecule has 1 heterocycles. The molecule has 0 bridgehead atoms. The van der Waals surface area contributed by atoms with Crippen LogP contribution in [-0.4, -0.2) is 14.7 Å². The van der Waals surface area contributed by atoms with Crippen LogP contribution in [0.5, 0.6) is 0 Å². The van der Waals surface area contributed by atoms with Crippen LogP contribution in [0.25, 0.3) is 0 Å². The molecule has 0 spiro atoms. The van der Waals surface area contributed by atoms with Gasteiger partial charge in [-0.15, -0.1) is 0 Å². The predicted molar refractivity (Wildman–Crippen MR) is 81.4 cm³/mol. The number of hydrogen-bond donors (Lipinski definition) is 0. The summed E-state index contributed by atoms with van der Waals surface area (Å²) in [6.45, 7) is 2.03. The molecule has 0 aliphatic carbocycles. The van der Waals surface area contributed by atoms with E-state index in [-0.39, 0.29) is 6.04 Å². The van der Waals surface area contributed by atoms with E-state index in [9.17, 15) is 8.42 Å². The van der Waals surface area contributed by atoms with Crippen LogP contribution in [0.2, 0.25) is 0 Å². The largest absolute Gasteiger partial charge is 0.262 e. The van der Waals surface area contributed by atoms with Gasteiger partial charge in [-0.25, -0.2) is 8.42 Å². The number of benzene rings is 2. The molecule has 104 valence electrons. The van der Waals surface area contributed by atoms with Gasteiger partial charge in [0.1, 0.15) is 0 Å². The minimum absolute atomic E-state index is 0.136. The monoisotopic (exact) mass is 287 g/mol. The fourth-order valence-corrected chi connectivity index (χ4v) is 4.00. The van der Waals surface area contributed by atoms with Gasteiger partial charge in [-0.2, -0.15) is 0 Å². The highest BCUT2D eigenvalue weighted by molar-refractivity contribution is 7.92. The summed E-state index contributed by atoms with van der Waals surface area (Å²) in [5, 5.41) is 0. The lowest BCUT2D eigenvalue weighted by Crippen LogP contribution is -2.31. The summed E-state index contributed by atoms with van der Waals surface area (Å²) in [5.41, 5.74) is 4.11. The molecule has 0 saturated carbocycles. The van der Waals surface area contributed by atoms with Crippen molar-refractivity contribution in [1.29, 1.82) is 0 Å². The second-order valence-electron chi connectivity index (χ2n) is 5.32. The lowest BCUT2D eigenvalue weighted by Gasteiger charge is -2.25. The van der Waals surface area contributed by atoms with E-state index in [1.54, 1.807) is 4.31 Å². The number of anilines is 1. The minimum atomic E-state index is -3.29. The minimum Gasteiger partial charge on any atom is -0.262 e. The van der Waals surface area contributed by atoms with E-state index in [0.29, 0.717) is 0 Å². The van der Waals surface area contributed by atoms with Crippen LogP contribution in [-0.2, 0) is 16.4 Å². The van der Waals surface area contributed by atoms with Gasteiger partial charge < -0.3 is 0 Å². The number of fused-ring (bicyclic) bond motifs is 1. The maximum atomic E-state index is 12.2. The number of nitrogens with zero attached hydrogens (tertiary/aromatic N) is 1. The Morgan fingerprint density at radius 1 is 1.05 bits per heavy atom. The second kappa shape index (κ2) is 4.63. The standard InChI is InChI=1S/C16H17NO2S/c1-12-7-9-13(10-8-12)16-11-14-5-3-4-6-15(14)17(16)20(2,18)19/h3-10,16H,11H2,1-2H3. The van der Waals surface area contributed by atoms with Crippen LogP contribution in [0.1, 0.15) is 22.7 Å². The molecule has 0 radical (unpaired) electrons. The Morgan fingerprint density at radius 2 is 1.70 bits per heavy atom. The third kappa shape index (κ3) is 2.20. The molecule has 2 aromatic carbocycles. The molecule has 1 aliphatic rings. The maximum Gasteiger partial charge on any atom is 0.232 e. The van der Waals surface area contributed by atoms with Gasteiger partial charge in [-0.3, -0.25) is 4.31 Å². The average molecular weight is 287 g/mol. The van der Waals surface area contributed by atoms with Crippen LogP contribution in [0, 0.1) is 6.92 Å². The third-order valence-corrected chi connectivity index (χ3v) is 4.91. The zero-order valence-corrected chi connectivity index (χ0v) is 12.4. The number of rotatable bonds is 2. The SMILES string of the molecule is Cc1ccc(C2Cc3ccccc3N2S(C)(=O)=O)cc1. The van der Waals surface area contributed by atoms with E-state index in [1.807, 2.05) is 55.5 Å². The molecule has 3 rings (SSSR count). The summed E-state index contributed by atoms with van der Waals surface area (Å²) in [4.78, 5) is 0. The van der Waals surface area contributed by atoms with E-state index >= 15 is 0 Å². The van der Waals surface area contributed by atoms with Crippen LogP contribution in [0.15, 0.2) is 48.5 Å². The Kier molecular flexibility index (Phi) is 3.05. The Labute approximate surface area is 119 Å². The first-order valence-corrected chi connectivity index (χ1v) is 8.45. The van der Waals surface area contributed by atoms with Gasteiger partial charge in [-0.1, -0.05) is 48.0 Å². The summed E-state index contributed by atoms with van der Waals surface area (Å²) < 4.78 is 25.9. The maximum absolute atomic E-state index is 12.2. The third-order valence-electron chi connectivity index (χ3n) is 3.74. The summed E-state index contributed by atoms with van der Waals surface area (Å²) in [5.74, 6) is 0. The molecule has 0 fully saturated rings. The highest BCUT2D eigenvalue weighted by Gasteiger charge is 2.35. The highest BCUT2D eigenvalue weighted by Crippen LogP contribution is 2.41. The van der Waals surface area contributed by atoms with Gasteiger partial charge in [0, 0.05) is 6.42 Å². The summed E-state index contributed by atoms with van der Waals surface area (Å²) in [6.07, 6.45) is 2.00. The Balaban J connectivity index is 2.11. The topological polar surface area (TPSA) is 37.4 Å². The Bertz CT molecular complexity index is 735. The zero-order chi connectivity index (χ0) is 14.3. The molecule has 2 aromatic rings. The fraction of sp³-hybridized carbons (Fsp3) is 0.250. The molecule has 1 unspecified atom stereocenters. The van der Waals surface area contributed by atoms with E-state index in [4.69, 9.17) is 0 Å². The molecule has 1 aliphatic heterocycles. The van der Waals surface area contributed by atoms with Crippen molar-refractivity contribution < 1.29 is 8.42 Å². The van der Waals surface area contributed by atoms with Crippen LogP contribution in [0.3, 0.4) is 0 Å². The van der Waals surface area contributed by atoms with Crippen molar-refractivity contribution in [3.63, 3.8) is 0 Å². The smallest absolute Gasteiger partial charge is 0.232 e. The van der Waals surface area contributed by atoms with Gasteiger partial charge in [-0.05, 0) is 24.1 Å². The van der Waals surface area contributed by atoms with Crippen molar-refractivity contribution in [1.82, 2.24) is 0 Å². The molecule has 1 atom stereocenters. The van der Waals surface area contributed by atoms with Gasteiger partial charge in [0.2, 0.25) is 10.0 Å². The van der Waals surface area contributed by atoms with Crippen LogP contribution in [0.4, 0.5) is 5.69 Å². The predicted octanol–water partition coefficient (Wildman–Crippen LogP) is 3.06. The van der Waals surface area contributed by atoms with E-state index < -0.39 is 10.0 Å². The molecule has 0 amide bonds. The quantitative estimate of drug-likeness (QED) is 0.851. The van der Waals surface area contributed by atoms with E-state index in [2.05, 4.69) is 0 Å². The molecule has 4 heteroatoms. The molecule has 20 heavy (non-hydrogen) atoms. The molecular weight excluding hydrogens is 270 g/mol. The van der Waals surface area contributed by atoms with Gasteiger partial charge >= 0.3 is 0 Å². The fourth-order valence-electron chi connectivity index (χ4n) is 2.81. The summed E-state index contributed by atoms with van der Waals surface area (Å²) in [6, 6.07) is 15.7. The second-order valence-corrected chi connectivity index (χ2v) is 7.18. The number of hydrogen-bond acceptors (Lipinski definition) is 2. The number of aryl methyl sites for hydroxylation is 1. The lowest BCUT2D eigenvalue weighted by atomic mass is 10.0. The first-order chi connectivity index (χ1) is 9.47. The first kappa shape index (κ1) is 13.2. The molecule has 3 nitrogen and oxygen atoms in total. The van der Waals surface area contributed by atoms with E-state index in [0.717, 1.165) is 23.2 Å². The van der Waals surface area contributed by atoms with Gasteiger partial charge in [0.05, 0.1) is 18.0 Å². The Hall–Kier alpha value is -1.81. The summed E-state index contributed by atoms with van der Waals surface area (Å²) in [7, 11) is -3.29. The number of sulfonamides is 1. The molecule has 0 N–H and O–H groups in total. The highest BCUT2D eigenvalue weighted by atomic mass is 32.2. The van der Waals surface area contributed by atoms with Crippen molar-refractivity contribution in [3.8, 4) is 0 Å². The average Bonchev–Trinajstić information content (AvgIpc) is 2.78. The van der Waals surface area contributed by atoms with Crippen molar-refractivity contribution in [2.24, 2.45) is 0 Å². The summed E-state index contributed by atoms with van der Waals surface area (Å²) >= 11 is 0. The Morgan fingerprint density at radius 3 is 2.35 bits per heavy atom. The van der Waals surface area contributed by atoms with Crippen molar-refractivity contribution >= 4 is 15.7 Å².